The molecule has 15 heavy (non-hydrogen) atoms. The summed E-state index contributed by atoms with van der Waals surface area (Å²) >= 11 is 0. The van der Waals surface area contributed by atoms with Gasteiger partial charge in [0.2, 0.25) is 5.91 Å². The van der Waals surface area contributed by atoms with E-state index in [9.17, 15) is 4.79 Å². The molecule has 1 saturated carbocycles. The van der Waals surface area contributed by atoms with Gasteiger partial charge in [-0.1, -0.05) is 0 Å². The molecule has 1 N–H and O–H groups in total. The summed E-state index contributed by atoms with van der Waals surface area (Å²) in [6.45, 7) is 4.11. The van der Waals surface area contributed by atoms with Crippen molar-refractivity contribution in [1.82, 2.24) is 10.2 Å². The molecule has 3 unspecified atom stereocenters. The molecule has 0 radical (unpaired) electrons. The highest BCUT2D eigenvalue weighted by atomic mass is 16.2. The maximum Gasteiger partial charge on any atom is 0.242 e. The Bertz CT molecular complexity index is 283. The Labute approximate surface area is 91.2 Å². The van der Waals surface area contributed by atoms with Gasteiger partial charge in [0.15, 0.2) is 0 Å². The van der Waals surface area contributed by atoms with E-state index >= 15 is 0 Å². The van der Waals surface area contributed by atoms with Crippen molar-refractivity contribution in [2.75, 3.05) is 13.1 Å². The first kappa shape index (κ1) is 9.64. The Morgan fingerprint density at radius 2 is 2.33 bits per heavy atom. The van der Waals surface area contributed by atoms with Crippen molar-refractivity contribution in [2.24, 2.45) is 5.92 Å². The number of carbonyl (C=O) groups excluding carboxylic acids is 1. The lowest BCUT2D eigenvalue weighted by molar-refractivity contribution is -0.138. The van der Waals surface area contributed by atoms with Crippen LogP contribution in [0.2, 0.25) is 0 Å². The molecule has 3 rings (SSSR count). The zero-order valence-electron chi connectivity index (χ0n) is 9.46. The molecule has 1 amide bonds. The molecule has 84 valence electrons. The summed E-state index contributed by atoms with van der Waals surface area (Å²) in [6, 6.07) is 0.571. The van der Waals surface area contributed by atoms with Crippen LogP contribution in [-0.4, -0.2) is 35.5 Å². The van der Waals surface area contributed by atoms with Crippen LogP contribution in [0.25, 0.3) is 0 Å². The third-order valence-electron chi connectivity index (χ3n) is 4.51. The smallest absolute Gasteiger partial charge is 0.242 e. The largest absolute Gasteiger partial charge is 0.338 e. The van der Waals surface area contributed by atoms with Crippen LogP contribution < -0.4 is 5.32 Å². The molecule has 0 aromatic rings. The first-order valence-corrected chi connectivity index (χ1v) is 6.25. The van der Waals surface area contributed by atoms with Gasteiger partial charge in [0.1, 0.15) is 0 Å². The van der Waals surface area contributed by atoms with E-state index in [-0.39, 0.29) is 5.54 Å². The number of nitrogens with one attached hydrogen (secondary N) is 1. The van der Waals surface area contributed by atoms with Crippen LogP contribution in [0, 0.1) is 5.92 Å². The third-order valence-corrected chi connectivity index (χ3v) is 4.51. The van der Waals surface area contributed by atoms with Gasteiger partial charge < -0.3 is 10.2 Å². The number of likely N-dealkylation sites (tertiary alicyclic amines) is 1. The van der Waals surface area contributed by atoms with Crippen LogP contribution in [0.5, 0.6) is 0 Å². The van der Waals surface area contributed by atoms with Crippen LogP contribution in [0.15, 0.2) is 0 Å². The topological polar surface area (TPSA) is 32.3 Å². The molecule has 2 heterocycles. The fourth-order valence-electron chi connectivity index (χ4n) is 3.57. The third kappa shape index (κ3) is 1.40. The van der Waals surface area contributed by atoms with E-state index in [0.29, 0.717) is 11.9 Å². The number of nitrogens with zero attached hydrogens (tertiary/aromatic N) is 1. The maximum absolute atomic E-state index is 12.4. The summed E-state index contributed by atoms with van der Waals surface area (Å²) in [7, 11) is 0. The monoisotopic (exact) mass is 208 g/mol. The number of rotatable bonds is 1. The molecule has 2 aliphatic heterocycles. The highest BCUT2D eigenvalue weighted by Crippen LogP contribution is 2.39. The molecule has 0 aromatic carbocycles. The summed E-state index contributed by atoms with van der Waals surface area (Å²) < 4.78 is 0. The van der Waals surface area contributed by atoms with E-state index in [0.717, 1.165) is 31.8 Å². The fraction of sp³-hybridized carbons (Fsp3) is 0.917. The lowest BCUT2D eigenvalue weighted by Crippen LogP contribution is -2.54. The summed E-state index contributed by atoms with van der Waals surface area (Å²) in [5, 5.41) is 3.38. The van der Waals surface area contributed by atoms with Gasteiger partial charge in [-0.05, 0) is 51.5 Å². The zero-order valence-corrected chi connectivity index (χ0v) is 9.46. The summed E-state index contributed by atoms with van der Waals surface area (Å²) in [4.78, 5) is 14.6. The molecule has 3 fully saturated rings. The predicted octanol–water partition coefficient (Wildman–Crippen LogP) is 1.14. The average Bonchev–Trinajstić information content (AvgIpc) is 2.91. The van der Waals surface area contributed by atoms with Gasteiger partial charge >= 0.3 is 0 Å². The minimum atomic E-state index is -0.246. The Morgan fingerprint density at radius 3 is 2.87 bits per heavy atom. The van der Waals surface area contributed by atoms with Gasteiger partial charge in [-0.3, -0.25) is 4.79 Å². The second-order valence-electron chi connectivity index (χ2n) is 5.65. The van der Waals surface area contributed by atoms with Crippen LogP contribution >= 0.6 is 0 Å². The normalized spacial score (nSPS) is 43.9. The van der Waals surface area contributed by atoms with Gasteiger partial charge in [0, 0.05) is 12.6 Å². The van der Waals surface area contributed by atoms with Gasteiger partial charge in [0.05, 0.1) is 5.54 Å². The zero-order chi connectivity index (χ0) is 10.5. The fourth-order valence-corrected chi connectivity index (χ4v) is 3.57. The van der Waals surface area contributed by atoms with Crippen molar-refractivity contribution in [1.29, 1.82) is 0 Å². The number of hydrogen-bond acceptors (Lipinski definition) is 2. The van der Waals surface area contributed by atoms with Crippen molar-refractivity contribution in [3.63, 3.8) is 0 Å². The molecule has 1 aliphatic carbocycles. The van der Waals surface area contributed by atoms with Gasteiger partial charge in [-0.15, -0.1) is 0 Å². The molecule has 3 atom stereocenters. The Hall–Kier alpha value is -0.570. The van der Waals surface area contributed by atoms with Crippen molar-refractivity contribution < 1.29 is 4.79 Å². The van der Waals surface area contributed by atoms with Crippen molar-refractivity contribution in [2.45, 2.75) is 50.6 Å². The second-order valence-corrected chi connectivity index (χ2v) is 5.65. The highest BCUT2D eigenvalue weighted by molar-refractivity contribution is 5.87. The van der Waals surface area contributed by atoms with Crippen LogP contribution in [-0.2, 0) is 4.79 Å². The molecule has 0 spiro atoms. The average molecular weight is 208 g/mol. The van der Waals surface area contributed by atoms with Gasteiger partial charge in [0.25, 0.3) is 0 Å². The molecule has 3 nitrogen and oxygen atoms in total. The molecule has 0 aromatic heterocycles. The van der Waals surface area contributed by atoms with E-state index in [1.165, 1.54) is 19.3 Å². The summed E-state index contributed by atoms with van der Waals surface area (Å²) in [6.07, 6.45) is 6.01. The standard InChI is InChI=1S/C12H20N2O/c1-12(5-2-6-13-12)11(15)14-8-9-3-4-10(14)7-9/h9-10,13H,2-8H2,1H3. The number of fused-ring (bicyclic) bond motifs is 2. The Kier molecular flexibility index (Phi) is 2.06. The van der Waals surface area contributed by atoms with Crippen LogP contribution in [0.4, 0.5) is 0 Å². The lowest BCUT2D eigenvalue weighted by Gasteiger charge is -2.34. The highest BCUT2D eigenvalue weighted by Gasteiger charge is 2.46. The number of hydrogen-bond donors (Lipinski definition) is 1. The van der Waals surface area contributed by atoms with E-state index in [1.807, 2.05) is 0 Å². The van der Waals surface area contributed by atoms with E-state index < -0.39 is 0 Å². The summed E-state index contributed by atoms with van der Waals surface area (Å²) in [5.74, 6) is 1.18. The molecule has 3 aliphatic rings. The van der Waals surface area contributed by atoms with Gasteiger partial charge in [-0.25, -0.2) is 0 Å². The quantitative estimate of drug-likeness (QED) is 0.701. The maximum atomic E-state index is 12.4. The van der Waals surface area contributed by atoms with E-state index in [4.69, 9.17) is 0 Å². The molecule has 2 saturated heterocycles. The first-order valence-electron chi connectivity index (χ1n) is 6.25. The molecular weight excluding hydrogens is 188 g/mol. The number of carbonyl (C=O) groups is 1. The predicted molar refractivity (Wildman–Crippen MR) is 58.5 cm³/mol. The SMILES string of the molecule is CC1(C(=O)N2CC3CCC2C3)CCCN1. The number of amides is 1. The van der Waals surface area contributed by atoms with E-state index in [2.05, 4.69) is 17.1 Å². The second kappa shape index (κ2) is 3.21. The van der Waals surface area contributed by atoms with Gasteiger partial charge in [-0.2, -0.15) is 0 Å². The Balaban J connectivity index is 1.74. The van der Waals surface area contributed by atoms with Crippen LogP contribution in [0.3, 0.4) is 0 Å². The summed E-state index contributed by atoms with van der Waals surface area (Å²) in [5.41, 5.74) is -0.246. The van der Waals surface area contributed by atoms with Crippen molar-refractivity contribution in [3.8, 4) is 0 Å². The van der Waals surface area contributed by atoms with Crippen molar-refractivity contribution in [3.05, 3.63) is 0 Å². The van der Waals surface area contributed by atoms with Crippen LogP contribution in [0.1, 0.15) is 39.0 Å². The molecule has 2 bridgehead atoms. The molecule has 3 heteroatoms. The van der Waals surface area contributed by atoms with E-state index in [1.54, 1.807) is 0 Å². The van der Waals surface area contributed by atoms with Crippen molar-refractivity contribution >= 4 is 5.91 Å². The first-order chi connectivity index (χ1) is 7.19. The Morgan fingerprint density at radius 1 is 1.47 bits per heavy atom. The minimum Gasteiger partial charge on any atom is -0.338 e. The molecular formula is C12H20N2O. The number of piperidine rings is 1. The lowest BCUT2D eigenvalue weighted by atomic mass is 9.97. The minimum absolute atomic E-state index is 0.246.